The number of hydrogen-bond donors (Lipinski definition) is 2. The minimum absolute atomic E-state index is 0.0198. The molecule has 1 unspecified atom stereocenters. The molecule has 11 heteroatoms. The van der Waals surface area contributed by atoms with Crippen molar-refractivity contribution in [2.75, 3.05) is 18.0 Å². The van der Waals surface area contributed by atoms with Crippen molar-refractivity contribution in [3.05, 3.63) is 53.3 Å². The molecule has 1 fully saturated rings. The molecule has 1 aromatic carbocycles. The number of nitrogens with zero attached hydrogens (tertiary/aromatic N) is 3. The van der Waals surface area contributed by atoms with Gasteiger partial charge in [0.15, 0.2) is 0 Å². The van der Waals surface area contributed by atoms with Crippen molar-refractivity contribution in [3.8, 4) is 22.5 Å². The van der Waals surface area contributed by atoms with E-state index in [1.165, 1.54) is 24.1 Å². The van der Waals surface area contributed by atoms with Gasteiger partial charge in [-0.15, -0.1) is 0 Å². The summed E-state index contributed by atoms with van der Waals surface area (Å²) < 4.78 is 46.1. The molecule has 35 heavy (non-hydrogen) atoms. The number of halogens is 3. The number of ether oxygens (including phenoxy) is 1. The average Bonchev–Trinajstić information content (AvgIpc) is 3.35. The Kier molecular flexibility index (Phi) is 5.70. The molecule has 182 valence electrons. The van der Waals surface area contributed by atoms with Gasteiger partial charge in [-0.2, -0.15) is 18.3 Å². The molecular formula is C24H22F3N5O3. The topological polar surface area (TPSA) is 100 Å². The minimum Gasteiger partial charge on any atom is -0.442 e. The van der Waals surface area contributed by atoms with Gasteiger partial charge in [0.25, 0.3) is 0 Å². The van der Waals surface area contributed by atoms with Crippen molar-refractivity contribution >= 4 is 17.7 Å². The number of cyclic esters (lactones) is 1. The third-order valence-corrected chi connectivity index (χ3v) is 6.24. The number of pyridine rings is 1. The fourth-order valence-corrected chi connectivity index (χ4v) is 4.63. The molecule has 1 aliphatic heterocycles. The molecule has 2 amide bonds. The molecule has 0 radical (unpaired) electrons. The fourth-order valence-electron chi connectivity index (χ4n) is 4.63. The first-order valence-electron chi connectivity index (χ1n) is 11.2. The summed E-state index contributed by atoms with van der Waals surface area (Å²) in [5.74, 6) is -0.201. The average molecular weight is 485 g/mol. The summed E-state index contributed by atoms with van der Waals surface area (Å²) in [6.07, 6.45) is -1.38. The monoisotopic (exact) mass is 485 g/mol. The second-order valence-corrected chi connectivity index (χ2v) is 8.59. The van der Waals surface area contributed by atoms with Gasteiger partial charge in [0.2, 0.25) is 5.91 Å². The largest absolute Gasteiger partial charge is 0.442 e. The quantitative estimate of drug-likeness (QED) is 0.580. The Hall–Kier alpha value is -3.89. The summed E-state index contributed by atoms with van der Waals surface area (Å²) in [6.45, 7) is 1.93. The molecular weight excluding hydrogens is 463 g/mol. The number of benzene rings is 1. The molecule has 5 rings (SSSR count). The van der Waals surface area contributed by atoms with Gasteiger partial charge in [-0.3, -0.25) is 19.8 Å². The normalized spacial score (nSPS) is 17.4. The van der Waals surface area contributed by atoms with Crippen LogP contribution >= 0.6 is 0 Å². The lowest BCUT2D eigenvalue weighted by Crippen LogP contribution is -2.33. The van der Waals surface area contributed by atoms with Gasteiger partial charge in [-0.05, 0) is 43.0 Å². The van der Waals surface area contributed by atoms with Crippen molar-refractivity contribution in [2.24, 2.45) is 0 Å². The number of fused-ring (bicyclic) bond motifs is 3. The molecule has 3 heterocycles. The molecule has 2 aromatic heterocycles. The van der Waals surface area contributed by atoms with E-state index in [2.05, 4.69) is 20.5 Å². The molecule has 0 saturated carbocycles. The lowest BCUT2D eigenvalue weighted by Gasteiger charge is -2.16. The number of carbonyl (C=O) groups excluding carboxylic acids is 2. The maximum Gasteiger partial charge on any atom is 0.418 e. The van der Waals surface area contributed by atoms with Crippen LogP contribution in [0, 0.1) is 0 Å². The van der Waals surface area contributed by atoms with Crippen LogP contribution in [-0.4, -0.2) is 46.4 Å². The smallest absolute Gasteiger partial charge is 0.418 e. The molecule has 1 atom stereocenters. The lowest BCUT2D eigenvalue weighted by atomic mass is 9.97. The number of alkyl halides is 3. The third-order valence-electron chi connectivity index (χ3n) is 6.24. The van der Waals surface area contributed by atoms with E-state index in [9.17, 15) is 22.8 Å². The standard InChI is InChI=1S/C24H22F3N5O3/c1-13(33)29-10-16-12-32(23(34)35-16)15-5-6-17-14(9-15)3-2-4-19-21(17)30-31-22(19)18-7-8-28-11-20(18)24(25,26)27/h5-9,11,16H,2-4,10,12H2,1H3,(H,29,33)(H,30,31). The van der Waals surface area contributed by atoms with E-state index in [1.807, 2.05) is 12.1 Å². The van der Waals surface area contributed by atoms with Crippen LogP contribution in [0.3, 0.4) is 0 Å². The molecule has 1 saturated heterocycles. The van der Waals surface area contributed by atoms with Gasteiger partial charge >= 0.3 is 12.3 Å². The number of aryl methyl sites for hydroxylation is 1. The van der Waals surface area contributed by atoms with E-state index in [1.54, 1.807) is 6.07 Å². The Labute approximate surface area is 198 Å². The highest BCUT2D eigenvalue weighted by molar-refractivity contribution is 5.91. The van der Waals surface area contributed by atoms with Crippen molar-refractivity contribution in [3.63, 3.8) is 0 Å². The molecule has 0 spiro atoms. The van der Waals surface area contributed by atoms with E-state index in [0.717, 1.165) is 22.9 Å². The zero-order valence-electron chi connectivity index (χ0n) is 18.8. The number of rotatable bonds is 4. The van der Waals surface area contributed by atoms with Gasteiger partial charge in [0.05, 0.1) is 30.0 Å². The number of anilines is 1. The second kappa shape index (κ2) is 8.71. The maximum absolute atomic E-state index is 13.6. The Morgan fingerprint density at radius 3 is 2.86 bits per heavy atom. The predicted octanol–water partition coefficient (Wildman–Crippen LogP) is 4.11. The molecule has 2 aliphatic rings. The Balaban J connectivity index is 1.47. The van der Waals surface area contributed by atoms with Crippen LogP contribution in [0.4, 0.5) is 23.7 Å². The number of aromatic amines is 1. The van der Waals surface area contributed by atoms with Crippen molar-refractivity contribution < 1.29 is 27.5 Å². The van der Waals surface area contributed by atoms with Crippen LogP contribution in [0.2, 0.25) is 0 Å². The third kappa shape index (κ3) is 4.33. The summed E-state index contributed by atoms with van der Waals surface area (Å²) in [4.78, 5) is 28.7. The van der Waals surface area contributed by atoms with Crippen LogP contribution in [0.1, 0.15) is 30.0 Å². The number of amides is 2. The van der Waals surface area contributed by atoms with E-state index >= 15 is 0 Å². The van der Waals surface area contributed by atoms with Gasteiger partial charge < -0.3 is 10.1 Å². The SMILES string of the molecule is CC(=O)NCC1CN(c2ccc3c(c2)CCCc2c-3n[nH]c2-c2ccncc2C(F)(F)F)C(=O)O1. The highest BCUT2D eigenvalue weighted by atomic mass is 19.4. The number of carbonyl (C=O) groups is 2. The summed E-state index contributed by atoms with van der Waals surface area (Å²) in [5, 5.41) is 9.87. The fraction of sp³-hybridized carbons (Fsp3) is 0.333. The van der Waals surface area contributed by atoms with E-state index in [4.69, 9.17) is 4.74 Å². The zero-order valence-corrected chi connectivity index (χ0v) is 18.8. The zero-order chi connectivity index (χ0) is 24.7. The highest BCUT2D eigenvalue weighted by Gasteiger charge is 2.36. The molecule has 8 nitrogen and oxygen atoms in total. The number of hydrogen-bond acceptors (Lipinski definition) is 5. The first kappa shape index (κ1) is 22.9. The molecule has 2 N–H and O–H groups in total. The van der Waals surface area contributed by atoms with Crippen molar-refractivity contribution in [2.45, 2.75) is 38.5 Å². The Morgan fingerprint density at radius 2 is 2.09 bits per heavy atom. The van der Waals surface area contributed by atoms with Gasteiger partial charge in [0, 0.05) is 41.7 Å². The summed E-state index contributed by atoms with van der Waals surface area (Å²) in [5.41, 5.74) is 3.30. The van der Waals surface area contributed by atoms with Crippen LogP contribution in [0.25, 0.3) is 22.5 Å². The minimum atomic E-state index is -4.54. The van der Waals surface area contributed by atoms with Crippen LogP contribution < -0.4 is 10.2 Å². The van der Waals surface area contributed by atoms with E-state index in [-0.39, 0.29) is 18.0 Å². The molecule has 1 aliphatic carbocycles. The maximum atomic E-state index is 13.6. The summed E-state index contributed by atoms with van der Waals surface area (Å²) >= 11 is 0. The number of aromatic nitrogens is 3. The van der Waals surface area contributed by atoms with E-state index < -0.39 is 23.9 Å². The number of nitrogens with one attached hydrogen (secondary N) is 2. The van der Waals surface area contributed by atoms with Crippen LogP contribution in [-0.2, 0) is 28.5 Å². The summed E-state index contributed by atoms with van der Waals surface area (Å²) in [7, 11) is 0. The van der Waals surface area contributed by atoms with Crippen molar-refractivity contribution in [1.29, 1.82) is 0 Å². The first-order valence-corrected chi connectivity index (χ1v) is 11.2. The highest BCUT2D eigenvalue weighted by Crippen LogP contribution is 2.41. The van der Waals surface area contributed by atoms with Crippen LogP contribution in [0.15, 0.2) is 36.7 Å². The first-order chi connectivity index (χ1) is 16.7. The number of H-pyrrole nitrogens is 1. The Bertz CT molecular complexity index is 1300. The van der Waals surface area contributed by atoms with Gasteiger partial charge in [-0.1, -0.05) is 6.07 Å². The predicted molar refractivity (Wildman–Crippen MR) is 121 cm³/mol. The van der Waals surface area contributed by atoms with Gasteiger partial charge in [-0.25, -0.2) is 4.79 Å². The van der Waals surface area contributed by atoms with E-state index in [0.29, 0.717) is 42.9 Å². The van der Waals surface area contributed by atoms with Gasteiger partial charge in [0.1, 0.15) is 6.10 Å². The Morgan fingerprint density at radius 1 is 1.26 bits per heavy atom. The molecule has 0 bridgehead atoms. The second-order valence-electron chi connectivity index (χ2n) is 8.59. The summed E-state index contributed by atoms with van der Waals surface area (Å²) in [6, 6.07) is 6.86. The van der Waals surface area contributed by atoms with Crippen molar-refractivity contribution in [1.82, 2.24) is 20.5 Å². The molecule has 3 aromatic rings. The lowest BCUT2D eigenvalue weighted by molar-refractivity contribution is -0.137. The van der Waals surface area contributed by atoms with Crippen LogP contribution in [0.5, 0.6) is 0 Å².